The maximum absolute atomic E-state index is 12.2. The van der Waals surface area contributed by atoms with E-state index in [0.717, 1.165) is 18.4 Å². The maximum atomic E-state index is 12.2. The lowest BCUT2D eigenvalue weighted by Crippen LogP contribution is -2.23. The Kier molecular flexibility index (Phi) is 7.03. The second kappa shape index (κ2) is 8.29. The van der Waals surface area contributed by atoms with E-state index in [-0.39, 0.29) is 30.3 Å². The van der Waals surface area contributed by atoms with E-state index in [0.29, 0.717) is 17.9 Å². The number of alkyl halides is 2. The van der Waals surface area contributed by atoms with Gasteiger partial charge in [0, 0.05) is 23.7 Å². The molecule has 0 bridgehead atoms. The molecule has 3 N–H and O–H groups in total. The molecule has 1 aliphatic carbocycles. The molecule has 1 aromatic rings. The highest BCUT2D eigenvalue weighted by Crippen LogP contribution is 2.27. The van der Waals surface area contributed by atoms with Gasteiger partial charge in [-0.1, -0.05) is 6.07 Å². The van der Waals surface area contributed by atoms with Crippen molar-refractivity contribution in [1.82, 2.24) is 0 Å². The Bertz CT molecular complexity index is 514. The number of amides is 1. The van der Waals surface area contributed by atoms with Crippen LogP contribution in [0.5, 0.6) is 5.75 Å². The minimum absolute atomic E-state index is 0. The average Bonchev–Trinajstić information content (AvgIpc) is 2.86. The van der Waals surface area contributed by atoms with E-state index in [1.807, 2.05) is 0 Å². The lowest BCUT2D eigenvalue weighted by molar-refractivity contribution is -0.119. The Labute approximate surface area is 134 Å². The number of nitrogens with one attached hydrogen (secondary N) is 1. The minimum atomic E-state index is -2.53. The fourth-order valence-corrected chi connectivity index (χ4v) is 2.48. The summed E-state index contributed by atoms with van der Waals surface area (Å²) in [4.78, 5) is 12.1. The highest BCUT2D eigenvalue weighted by Gasteiger charge is 2.27. The zero-order valence-corrected chi connectivity index (χ0v) is 13.2. The van der Waals surface area contributed by atoms with Crippen molar-refractivity contribution in [3.63, 3.8) is 0 Å². The van der Waals surface area contributed by atoms with E-state index in [1.54, 1.807) is 25.1 Å². The van der Waals surface area contributed by atoms with Crippen LogP contribution >= 0.6 is 12.4 Å². The monoisotopic (exact) mass is 334 g/mol. The summed E-state index contributed by atoms with van der Waals surface area (Å²) in [6, 6.07) is 5.13. The van der Waals surface area contributed by atoms with E-state index >= 15 is 0 Å². The van der Waals surface area contributed by atoms with E-state index < -0.39 is 13.0 Å². The predicted molar refractivity (Wildman–Crippen MR) is 83.9 cm³/mol. The van der Waals surface area contributed by atoms with Crippen LogP contribution in [0.25, 0.3) is 0 Å². The summed E-state index contributed by atoms with van der Waals surface area (Å²) in [7, 11) is 0. The number of hydrogen-bond acceptors (Lipinski definition) is 3. The summed E-state index contributed by atoms with van der Waals surface area (Å²) < 4.78 is 29.4. The third-order valence-electron chi connectivity index (χ3n) is 3.66. The van der Waals surface area contributed by atoms with Gasteiger partial charge >= 0.3 is 0 Å². The fourth-order valence-electron chi connectivity index (χ4n) is 2.48. The summed E-state index contributed by atoms with van der Waals surface area (Å²) in [6.45, 7) is 1.11. The van der Waals surface area contributed by atoms with Crippen molar-refractivity contribution in [3.8, 4) is 5.75 Å². The number of ether oxygens (including phenoxy) is 1. The Balaban J connectivity index is 0.00000242. The van der Waals surface area contributed by atoms with Gasteiger partial charge in [0.25, 0.3) is 6.43 Å². The molecule has 1 aliphatic rings. The average molecular weight is 335 g/mol. The molecule has 1 saturated carbocycles. The topological polar surface area (TPSA) is 64.4 Å². The molecule has 1 aromatic carbocycles. The molecule has 0 spiro atoms. The van der Waals surface area contributed by atoms with Gasteiger partial charge in [0.1, 0.15) is 12.4 Å². The van der Waals surface area contributed by atoms with Crippen molar-refractivity contribution in [3.05, 3.63) is 23.8 Å². The van der Waals surface area contributed by atoms with Crippen molar-refractivity contribution >= 4 is 24.0 Å². The van der Waals surface area contributed by atoms with E-state index in [1.165, 1.54) is 0 Å². The number of rotatable bonds is 5. The maximum Gasteiger partial charge on any atom is 0.272 e. The number of aryl methyl sites for hydroxylation is 1. The van der Waals surface area contributed by atoms with Crippen LogP contribution < -0.4 is 15.8 Å². The van der Waals surface area contributed by atoms with Crippen LogP contribution in [0.15, 0.2) is 18.2 Å². The van der Waals surface area contributed by atoms with Crippen LogP contribution in [-0.4, -0.2) is 25.0 Å². The van der Waals surface area contributed by atoms with Crippen molar-refractivity contribution in [2.75, 3.05) is 11.9 Å². The van der Waals surface area contributed by atoms with Gasteiger partial charge in [-0.25, -0.2) is 8.78 Å². The Morgan fingerprint density at radius 2 is 2.18 bits per heavy atom. The fraction of sp³-hybridized carbons (Fsp3) is 0.533. The van der Waals surface area contributed by atoms with E-state index in [4.69, 9.17) is 10.5 Å². The minimum Gasteiger partial charge on any atom is -0.487 e. The van der Waals surface area contributed by atoms with Gasteiger partial charge in [0.2, 0.25) is 5.91 Å². The van der Waals surface area contributed by atoms with Crippen LogP contribution in [0.4, 0.5) is 14.5 Å². The lowest BCUT2D eigenvalue weighted by atomic mass is 10.1. The third-order valence-corrected chi connectivity index (χ3v) is 3.66. The zero-order chi connectivity index (χ0) is 15.4. The first-order chi connectivity index (χ1) is 9.95. The van der Waals surface area contributed by atoms with Gasteiger partial charge in [-0.05, 0) is 37.8 Å². The smallest absolute Gasteiger partial charge is 0.272 e. The molecule has 0 saturated heterocycles. The molecule has 7 heteroatoms. The van der Waals surface area contributed by atoms with Gasteiger partial charge < -0.3 is 15.8 Å². The number of halogens is 3. The quantitative estimate of drug-likeness (QED) is 0.869. The summed E-state index contributed by atoms with van der Waals surface area (Å²) in [5, 5.41) is 2.80. The Morgan fingerprint density at radius 1 is 1.45 bits per heavy atom. The molecule has 0 aromatic heterocycles. The molecule has 2 atom stereocenters. The van der Waals surface area contributed by atoms with Crippen molar-refractivity contribution < 1.29 is 18.3 Å². The van der Waals surface area contributed by atoms with Crippen molar-refractivity contribution in [2.24, 2.45) is 11.7 Å². The molecule has 1 amide bonds. The molecule has 1 fully saturated rings. The van der Waals surface area contributed by atoms with Crippen LogP contribution in [0.3, 0.4) is 0 Å². The summed E-state index contributed by atoms with van der Waals surface area (Å²) in [5.41, 5.74) is 7.10. The van der Waals surface area contributed by atoms with Crippen molar-refractivity contribution in [2.45, 2.75) is 38.7 Å². The number of carbonyl (C=O) groups excluding carboxylic acids is 1. The first-order valence-electron chi connectivity index (χ1n) is 7.03. The SMILES string of the molecule is Cc1ccc(NC(=O)C2CCC(N)C2)cc1OCC(F)F.Cl. The number of nitrogens with two attached hydrogens (primary N) is 1. The van der Waals surface area contributed by atoms with E-state index in [9.17, 15) is 13.6 Å². The third kappa shape index (κ3) is 5.10. The number of carbonyl (C=O) groups is 1. The molecule has 0 radical (unpaired) electrons. The normalized spacial score (nSPS) is 20.6. The number of anilines is 1. The van der Waals surface area contributed by atoms with Crippen LogP contribution in [0.1, 0.15) is 24.8 Å². The molecule has 124 valence electrons. The molecule has 4 nitrogen and oxygen atoms in total. The van der Waals surface area contributed by atoms with Crippen molar-refractivity contribution in [1.29, 1.82) is 0 Å². The predicted octanol–water partition coefficient (Wildman–Crippen LogP) is 3.13. The molecule has 2 rings (SSSR count). The number of hydrogen-bond donors (Lipinski definition) is 2. The van der Waals surface area contributed by atoms with E-state index in [2.05, 4.69) is 5.32 Å². The Morgan fingerprint density at radius 3 is 2.77 bits per heavy atom. The van der Waals surface area contributed by atoms with Gasteiger partial charge in [0.15, 0.2) is 0 Å². The second-order valence-corrected chi connectivity index (χ2v) is 5.44. The number of benzene rings is 1. The molecule has 0 aliphatic heterocycles. The van der Waals surface area contributed by atoms with Gasteiger partial charge in [-0.15, -0.1) is 12.4 Å². The lowest BCUT2D eigenvalue weighted by Gasteiger charge is -2.13. The summed E-state index contributed by atoms with van der Waals surface area (Å²) >= 11 is 0. The standard InChI is InChI=1S/C15H20F2N2O2.ClH/c1-9-2-5-12(7-13(9)21-8-14(16)17)19-15(20)10-3-4-11(18)6-10;/h2,5,7,10-11,14H,3-4,6,8,18H2,1H3,(H,19,20);1H. The van der Waals surface area contributed by atoms with Crippen LogP contribution in [0, 0.1) is 12.8 Å². The summed E-state index contributed by atoms with van der Waals surface area (Å²) in [6.07, 6.45) is -0.197. The summed E-state index contributed by atoms with van der Waals surface area (Å²) in [5.74, 6) is 0.203. The molecular weight excluding hydrogens is 314 g/mol. The molecule has 22 heavy (non-hydrogen) atoms. The van der Waals surface area contributed by atoms with Gasteiger partial charge in [-0.2, -0.15) is 0 Å². The molecule has 2 unspecified atom stereocenters. The first kappa shape index (κ1) is 18.6. The second-order valence-electron chi connectivity index (χ2n) is 5.44. The highest BCUT2D eigenvalue weighted by atomic mass is 35.5. The van der Waals surface area contributed by atoms with Crippen LogP contribution in [-0.2, 0) is 4.79 Å². The molecular formula is C15H21ClF2N2O2. The Hall–Kier alpha value is -1.40. The highest BCUT2D eigenvalue weighted by molar-refractivity contribution is 5.93. The zero-order valence-electron chi connectivity index (χ0n) is 12.4. The largest absolute Gasteiger partial charge is 0.487 e. The van der Waals surface area contributed by atoms with Crippen LogP contribution in [0.2, 0.25) is 0 Å². The molecule has 0 heterocycles. The van der Waals surface area contributed by atoms with Gasteiger partial charge in [0.05, 0.1) is 0 Å². The first-order valence-corrected chi connectivity index (χ1v) is 7.03. The van der Waals surface area contributed by atoms with Gasteiger partial charge in [-0.3, -0.25) is 4.79 Å².